The first-order chi connectivity index (χ1) is 15.9. The fourth-order valence-electron chi connectivity index (χ4n) is 4.71. The number of benzene rings is 4. The van der Waals surface area contributed by atoms with E-state index in [1.54, 1.807) is 0 Å². The Kier molecular flexibility index (Phi) is 3.55. The number of hydrogen-bond acceptors (Lipinski definition) is 3. The van der Waals surface area contributed by atoms with Gasteiger partial charge in [0.05, 0.1) is 5.69 Å². The van der Waals surface area contributed by atoms with Gasteiger partial charge in [0.25, 0.3) is 0 Å². The van der Waals surface area contributed by atoms with E-state index in [1.807, 2.05) is 54.7 Å². The Hall–Kier alpha value is -4.37. The van der Waals surface area contributed by atoms with Crippen molar-refractivity contribution >= 4 is 43.7 Å². The van der Waals surface area contributed by atoms with E-state index in [2.05, 4.69) is 48.5 Å². The van der Waals surface area contributed by atoms with Crippen LogP contribution in [0.1, 0.15) is 0 Å². The van der Waals surface area contributed by atoms with Gasteiger partial charge in [-0.05, 0) is 41.8 Å². The molecule has 0 N–H and O–H groups in total. The molecule has 0 bridgehead atoms. The Labute approximate surface area is 183 Å². The van der Waals surface area contributed by atoms with Crippen LogP contribution in [0.15, 0.2) is 112 Å². The van der Waals surface area contributed by atoms with E-state index in [-0.39, 0.29) is 0 Å². The molecule has 0 amide bonds. The Morgan fingerprint density at radius 2 is 1.31 bits per heavy atom. The van der Waals surface area contributed by atoms with E-state index in [4.69, 9.17) is 13.8 Å². The molecule has 0 aliphatic rings. The predicted octanol–water partition coefficient (Wildman–Crippen LogP) is 8.21. The number of para-hydroxylation sites is 2. The molecule has 0 radical (unpaired) electrons. The molecule has 3 nitrogen and oxygen atoms in total. The number of hydrogen-bond donors (Lipinski definition) is 0. The quantitative estimate of drug-likeness (QED) is 0.288. The molecular weight excluding hydrogens is 394 g/mol. The number of fused-ring (bicyclic) bond motifs is 5. The molecule has 0 unspecified atom stereocenters. The molecular formula is C29H17NO2. The highest BCUT2D eigenvalue weighted by molar-refractivity contribution is 6.16. The van der Waals surface area contributed by atoms with Crippen molar-refractivity contribution in [1.82, 2.24) is 4.98 Å². The molecule has 3 heterocycles. The standard InChI is InChI=1S/C29H17NO2/c1-3-9-20-18(7-1)15-16-30-29(20)22-13-14-25-27(21-10-4-6-12-24(21)32-25)28(22)26-17-19-8-2-5-11-23(19)31-26/h1-17H. The van der Waals surface area contributed by atoms with Gasteiger partial charge in [-0.1, -0.05) is 60.7 Å². The van der Waals surface area contributed by atoms with Crippen LogP contribution in [0.5, 0.6) is 0 Å². The molecule has 150 valence electrons. The van der Waals surface area contributed by atoms with Crippen molar-refractivity contribution in [2.24, 2.45) is 0 Å². The second-order valence-corrected chi connectivity index (χ2v) is 7.99. The molecule has 0 aliphatic heterocycles. The molecule has 0 spiro atoms. The molecule has 0 atom stereocenters. The van der Waals surface area contributed by atoms with Gasteiger partial charge in [0.15, 0.2) is 0 Å². The summed E-state index contributed by atoms with van der Waals surface area (Å²) in [5, 5.41) is 5.46. The molecule has 0 saturated heterocycles. The molecule has 32 heavy (non-hydrogen) atoms. The van der Waals surface area contributed by atoms with Crippen LogP contribution >= 0.6 is 0 Å². The van der Waals surface area contributed by atoms with Crippen molar-refractivity contribution in [3.05, 3.63) is 103 Å². The Balaban J connectivity index is 1.67. The fraction of sp³-hybridized carbons (Fsp3) is 0. The molecule has 0 saturated carbocycles. The van der Waals surface area contributed by atoms with Crippen LogP contribution in [0.4, 0.5) is 0 Å². The minimum absolute atomic E-state index is 0.813. The number of nitrogens with zero attached hydrogens (tertiary/aromatic N) is 1. The van der Waals surface area contributed by atoms with Gasteiger partial charge in [-0.15, -0.1) is 0 Å². The number of furan rings is 2. The van der Waals surface area contributed by atoms with Crippen LogP contribution in [0.25, 0.3) is 66.3 Å². The fourth-order valence-corrected chi connectivity index (χ4v) is 4.71. The van der Waals surface area contributed by atoms with Crippen molar-refractivity contribution < 1.29 is 8.83 Å². The second-order valence-electron chi connectivity index (χ2n) is 7.99. The van der Waals surface area contributed by atoms with Gasteiger partial charge in [0, 0.05) is 38.9 Å². The van der Waals surface area contributed by atoms with Crippen molar-refractivity contribution in [2.75, 3.05) is 0 Å². The highest BCUT2D eigenvalue weighted by Gasteiger charge is 2.21. The summed E-state index contributed by atoms with van der Waals surface area (Å²) < 4.78 is 12.6. The molecule has 3 heteroatoms. The van der Waals surface area contributed by atoms with E-state index in [1.165, 1.54) is 0 Å². The van der Waals surface area contributed by atoms with Crippen molar-refractivity contribution in [2.45, 2.75) is 0 Å². The lowest BCUT2D eigenvalue weighted by Gasteiger charge is -2.11. The summed E-state index contributed by atoms with van der Waals surface area (Å²) in [5.74, 6) is 0.813. The summed E-state index contributed by atoms with van der Waals surface area (Å²) in [4.78, 5) is 4.82. The van der Waals surface area contributed by atoms with E-state index in [0.717, 1.165) is 66.3 Å². The lowest BCUT2D eigenvalue weighted by molar-refractivity contribution is 0.632. The summed E-state index contributed by atoms with van der Waals surface area (Å²) >= 11 is 0. The van der Waals surface area contributed by atoms with Crippen LogP contribution in [0, 0.1) is 0 Å². The monoisotopic (exact) mass is 411 g/mol. The van der Waals surface area contributed by atoms with Crippen molar-refractivity contribution in [1.29, 1.82) is 0 Å². The molecule has 3 aromatic heterocycles. The zero-order chi connectivity index (χ0) is 21.1. The third-order valence-corrected chi connectivity index (χ3v) is 6.14. The van der Waals surface area contributed by atoms with Gasteiger partial charge in [0.2, 0.25) is 0 Å². The average Bonchev–Trinajstić information content (AvgIpc) is 3.44. The maximum atomic E-state index is 6.39. The summed E-state index contributed by atoms with van der Waals surface area (Å²) in [6, 6.07) is 32.9. The lowest BCUT2D eigenvalue weighted by atomic mass is 9.94. The zero-order valence-corrected chi connectivity index (χ0v) is 17.1. The molecule has 4 aromatic carbocycles. The summed E-state index contributed by atoms with van der Waals surface area (Å²) in [6.45, 7) is 0. The number of pyridine rings is 1. The van der Waals surface area contributed by atoms with Gasteiger partial charge in [-0.3, -0.25) is 4.98 Å². The first-order valence-corrected chi connectivity index (χ1v) is 10.6. The highest BCUT2D eigenvalue weighted by Crippen LogP contribution is 2.44. The minimum atomic E-state index is 0.813. The first-order valence-electron chi connectivity index (χ1n) is 10.6. The lowest BCUT2D eigenvalue weighted by Crippen LogP contribution is -1.90. The normalized spacial score (nSPS) is 11.8. The maximum absolute atomic E-state index is 6.39. The van der Waals surface area contributed by atoms with E-state index >= 15 is 0 Å². The van der Waals surface area contributed by atoms with E-state index in [9.17, 15) is 0 Å². The minimum Gasteiger partial charge on any atom is -0.456 e. The Morgan fingerprint density at radius 1 is 0.562 bits per heavy atom. The third-order valence-electron chi connectivity index (χ3n) is 6.14. The van der Waals surface area contributed by atoms with Gasteiger partial charge in [-0.25, -0.2) is 0 Å². The van der Waals surface area contributed by atoms with Crippen molar-refractivity contribution in [3.63, 3.8) is 0 Å². The zero-order valence-electron chi connectivity index (χ0n) is 17.1. The van der Waals surface area contributed by atoms with Crippen LogP contribution in [0.3, 0.4) is 0 Å². The summed E-state index contributed by atoms with van der Waals surface area (Å²) in [5.41, 5.74) is 5.54. The second kappa shape index (κ2) is 6.56. The Bertz CT molecular complexity index is 1750. The number of aromatic nitrogens is 1. The molecule has 0 fully saturated rings. The van der Waals surface area contributed by atoms with Gasteiger partial charge >= 0.3 is 0 Å². The van der Waals surface area contributed by atoms with Crippen LogP contribution in [-0.4, -0.2) is 4.98 Å². The summed E-state index contributed by atoms with van der Waals surface area (Å²) in [6.07, 6.45) is 1.87. The van der Waals surface area contributed by atoms with Gasteiger partial charge < -0.3 is 8.83 Å². The van der Waals surface area contributed by atoms with Crippen LogP contribution in [0.2, 0.25) is 0 Å². The topological polar surface area (TPSA) is 39.2 Å². The Morgan fingerprint density at radius 3 is 2.19 bits per heavy atom. The summed E-state index contributed by atoms with van der Waals surface area (Å²) in [7, 11) is 0. The average molecular weight is 411 g/mol. The number of rotatable bonds is 2. The third kappa shape index (κ3) is 2.45. The smallest absolute Gasteiger partial charge is 0.136 e. The largest absolute Gasteiger partial charge is 0.456 e. The molecule has 7 aromatic rings. The van der Waals surface area contributed by atoms with Crippen molar-refractivity contribution in [3.8, 4) is 22.6 Å². The van der Waals surface area contributed by atoms with Gasteiger partial charge in [0.1, 0.15) is 22.5 Å². The predicted molar refractivity (Wildman–Crippen MR) is 130 cm³/mol. The van der Waals surface area contributed by atoms with E-state index < -0.39 is 0 Å². The van der Waals surface area contributed by atoms with Crippen LogP contribution < -0.4 is 0 Å². The molecule has 7 rings (SSSR count). The maximum Gasteiger partial charge on any atom is 0.136 e. The van der Waals surface area contributed by atoms with Crippen LogP contribution in [-0.2, 0) is 0 Å². The first kappa shape index (κ1) is 17.3. The van der Waals surface area contributed by atoms with E-state index in [0.29, 0.717) is 0 Å². The highest BCUT2D eigenvalue weighted by atomic mass is 16.3. The molecule has 0 aliphatic carbocycles. The van der Waals surface area contributed by atoms with Gasteiger partial charge in [-0.2, -0.15) is 0 Å². The SMILES string of the molecule is c1ccc2oc(-c3c(-c4nccc5ccccc45)ccc4oc5ccccc5c34)cc2c1.